The second kappa shape index (κ2) is 4.30. The van der Waals surface area contributed by atoms with Crippen molar-refractivity contribution in [2.75, 3.05) is 19.7 Å². The number of carbonyl (C=O) groups is 1. The van der Waals surface area contributed by atoms with Gasteiger partial charge in [-0.05, 0) is 31.7 Å². The number of ether oxygens (including phenoxy) is 1. The van der Waals surface area contributed by atoms with E-state index in [4.69, 9.17) is 4.74 Å². The van der Waals surface area contributed by atoms with E-state index in [9.17, 15) is 4.79 Å². The molecule has 0 amide bonds. The summed E-state index contributed by atoms with van der Waals surface area (Å²) in [5, 5.41) is 3.29. The number of nitrogens with one attached hydrogen (secondary N) is 1. The number of carbonyl (C=O) groups excluding carboxylic acids is 1. The zero-order chi connectivity index (χ0) is 9.97. The molecule has 1 N–H and O–H groups in total. The highest BCUT2D eigenvalue weighted by Crippen LogP contribution is 2.38. The molecule has 1 saturated carbocycles. The molecule has 2 rings (SSSR count). The van der Waals surface area contributed by atoms with Gasteiger partial charge in [-0.25, -0.2) is 0 Å². The molecule has 0 radical (unpaired) electrons. The minimum absolute atomic E-state index is 0.00292. The number of hydrogen-bond donors (Lipinski definition) is 1. The molecule has 0 bridgehead atoms. The zero-order valence-corrected chi connectivity index (χ0v) is 8.79. The van der Waals surface area contributed by atoms with Crippen LogP contribution in [0.3, 0.4) is 0 Å². The van der Waals surface area contributed by atoms with Crippen molar-refractivity contribution < 1.29 is 9.53 Å². The molecule has 0 aromatic heterocycles. The Morgan fingerprint density at radius 1 is 1.43 bits per heavy atom. The fraction of sp³-hybridized carbons (Fsp3) is 0.909. The van der Waals surface area contributed by atoms with Crippen molar-refractivity contribution in [3.8, 4) is 0 Å². The van der Waals surface area contributed by atoms with E-state index >= 15 is 0 Å². The summed E-state index contributed by atoms with van der Waals surface area (Å²) in [5.41, 5.74) is 0. The Balaban J connectivity index is 1.84. The molecule has 0 spiro atoms. The molecule has 1 aliphatic carbocycles. The lowest BCUT2D eigenvalue weighted by Gasteiger charge is -2.16. The Morgan fingerprint density at radius 3 is 2.86 bits per heavy atom. The van der Waals surface area contributed by atoms with Crippen molar-refractivity contribution in [2.24, 2.45) is 17.8 Å². The molecule has 2 atom stereocenters. The molecule has 0 aromatic rings. The summed E-state index contributed by atoms with van der Waals surface area (Å²) < 4.78 is 5.08. The number of esters is 1. The summed E-state index contributed by atoms with van der Waals surface area (Å²) >= 11 is 0. The Hall–Kier alpha value is -0.570. The smallest absolute Gasteiger partial charge is 0.310 e. The first kappa shape index (κ1) is 9.97. The molecule has 1 aliphatic heterocycles. The van der Waals surface area contributed by atoms with Crippen LogP contribution in [-0.4, -0.2) is 25.7 Å². The van der Waals surface area contributed by atoms with Gasteiger partial charge in [-0.3, -0.25) is 4.79 Å². The van der Waals surface area contributed by atoms with E-state index in [0.717, 1.165) is 19.0 Å². The van der Waals surface area contributed by atoms with Crippen molar-refractivity contribution in [3.63, 3.8) is 0 Å². The lowest BCUT2D eigenvalue weighted by molar-refractivity contribution is -0.148. The third-order valence-electron chi connectivity index (χ3n) is 3.26. The molecular weight excluding hydrogens is 178 g/mol. The van der Waals surface area contributed by atoms with Gasteiger partial charge >= 0.3 is 5.97 Å². The van der Waals surface area contributed by atoms with Gasteiger partial charge in [-0.2, -0.15) is 0 Å². The Kier molecular flexibility index (Phi) is 3.06. The topological polar surface area (TPSA) is 38.3 Å². The lowest BCUT2D eigenvalue weighted by Crippen LogP contribution is -2.25. The average molecular weight is 197 g/mol. The molecule has 0 aromatic carbocycles. The van der Waals surface area contributed by atoms with Crippen molar-refractivity contribution >= 4 is 5.97 Å². The molecule has 80 valence electrons. The number of rotatable bonds is 4. The predicted molar refractivity (Wildman–Crippen MR) is 53.8 cm³/mol. The summed E-state index contributed by atoms with van der Waals surface area (Å²) in [6.07, 6.45) is 3.95. The first-order chi connectivity index (χ1) is 6.81. The predicted octanol–water partition coefficient (Wildman–Crippen LogP) is 1.19. The highest BCUT2D eigenvalue weighted by molar-refractivity contribution is 5.73. The molecule has 1 saturated heterocycles. The van der Waals surface area contributed by atoms with Crippen LogP contribution in [0.25, 0.3) is 0 Å². The van der Waals surface area contributed by atoms with Gasteiger partial charge in [0, 0.05) is 6.54 Å². The van der Waals surface area contributed by atoms with Crippen molar-refractivity contribution in [1.29, 1.82) is 0 Å². The van der Waals surface area contributed by atoms with Gasteiger partial charge in [0.25, 0.3) is 0 Å². The van der Waals surface area contributed by atoms with E-state index < -0.39 is 0 Å². The SMILES string of the molecule is CCOC(=O)[C@@H]1CNC[C@H]1CC1CC1. The molecule has 14 heavy (non-hydrogen) atoms. The van der Waals surface area contributed by atoms with E-state index in [2.05, 4.69) is 5.32 Å². The third kappa shape index (κ3) is 2.27. The maximum atomic E-state index is 11.6. The van der Waals surface area contributed by atoms with Crippen molar-refractivity contribution in [1.82, 2.24) is 5.32 Å². The summed E-state index contributed by atoms with van der Waals surface area (Å²) in [6.45, 7) is 4.19. The first-order valence-corrected chi connectivity index (χ1v) is 5.68. The molecule has 2 fully saturated rings. The average Bonchev–Trinajstić information content (AvgIpc) is 2.82. The van der Waals surface area contributed by atoms with Crippen LogP contribution in [0.2, 0.25) is 0 Å². The van der Waals surface area contributed by atoms with Crippen LogP contribution < -0.4 is 5.32 Å². The van der Waals surface area contributed by atoms with Crippen LogP contribution in [0.15, 0.2) is 0 Å². The van der Waals surface area contributed by atoms with E-state index in [1.54, 1.807) is 0 Å². The zero-order valence-electron chi connectivity index (χ0n) is 8.79. The second-order valence-corrected chi connectivity index (χ2v) is 4.46. The fourth-order valence-corrected chi connectivity index (χ4v) is 2.29. The van der Waals surface area contributed by atoms with Gasteiger partial charge < -0.3 is 10.1 Å². The number of hydrogen-bond acceptors (Lipinski definition) is 3. The molecule has 2 aliphatic rings. The molecule has 0 unspecified atom stereocenters. The molecule has 3 heteroatoms. The van der Waals surface area contributed by atoms with E-state index in [1.807, 2.05) is 6.92 Å². The molecule has 1 heterocycles. The standard InChI is InChI=1S/C11H19NO2/c1-2-14-11(13)10-7-12-6-9(10)5-8-3-4-8/h8-10,12H,2-7H2,1H3/t9-,10-/m1/s1. The summed E-state index contributed by atoms with van der Waals surface area (Å²) in [4.78, 5) is 11.6. The van der Waals surface area contributed by atoms with Crippen molar-refractivity contribution in [2.45, 2.75) is 26.2 Å². The van der Waals surface area contributed by atoms with Crippen LogP contribution in [0.4, 0.5) is 0 Å². The van der Waals surface area contributed by atoms with Crippen LogP contribution in [0.1, 0.15) is 26.2 Å². The second-order valence-electron chi connectivity index (χ2n) is 4.46. The van der Waals surface area contributed by atoms with Crippen LogP contribution >= 0.6 is 0 Å². The van der Waals surface area contributed by atoms with Crippen LogP contribution in [-0.2, 0) is 9.53 Å². The Bertz CT molecular complexity index is 213. The van der Waals surface area contributed by atoms with Gasteiger partial charge in [0.05, 0.1) is 12.5 Å². The largest absolute Gasteiger partial charge is 0.466 e. The Labute approximate surface area is 85.2 Å². The lowest BCUT2D eigenvalue weighted by atomic mass is 9.91. The van der Waals surface area contributed by atoms with E-state index in [-0.39, 0.29) is 11.9 Å². The minimum Gasteiger partial charge on any atom is -0.466 e. The molecular formula is C11H19NO2. The fourth-order valence-electron chi connectivity index (χ4n) is 2.29. The summed E-state index contributed by atoms with van der Waals surface area (Å²) in [5.74, 6) is 1.55. The quantitative estimate of drug-likeness (QED) is 0.688. The van der Waals surface area contributed by atoms with Gasteiger partial charge in [-0.1, -0.05) is 12.8 Å². The highest BCUT2D eigenvalue weighted by Gasteiger charge is 2.37. The van der Waals surface area contributed by atoms with Gasteiger partial charge in [0.2, 0.25) is 0 Å². The Morgan fingerprint density at radius 2 is 2.21 bits per heavy atom. The maximum Gasteiger partial charge on any atom is 0.310 e. The van der Waals surface area contributed by atoms with E-state index in [0.29, 0.717) is 12.5 Å². The van der Waals surface area contributed by atoms with Crippen LogP contribution in [0, 0.1) is 17.8 Å². The summed E-state index contributed by atoms with van der Waals surface area (Å²) in [6, 6.07) is 0. The van der Waals surface area contributed by atoms with Crippen molar-refractivity contribution in [3.05, 3.63) is 0 Å². The minimum atomic E-state index is 0.00292. The molecule has 3 nitrogen and oxygen atoms in total. The maximum absolute atomic E-state index is 11.6. The van der Waals surface area contributed by atoms with Gasteiger partial charge in [0.15, 0.2) is 0 Å². The highest BCUT2D eigenvalue weighted by atomic mass is 16.5. The van der Waals surface area contributed by atoms with Gasteiger partial charge in [-0.15, -0.1) is 0 Å². The van der Waals surface area contributed by atoms with Crippen LogP contribution in [0.5, 0.6) is 0 Å². The summed E-state index contributed by atoms with van der Waals surface area (Å²) in [7, 11) is 0. The first-order valence-electron chi connectivity index (χ1n) is 5.68. The normalized spacial score (nSPS) is 31.8. The van der Waals surface area contributed by atoms with Gasteiger partial charge in [0.1, 0.15) is 0 Å². The monoisotopic (exact) mass is 197 g/mol. The van der Waals surface area contributed by atoms with E-state index in [1.165, 1.54) is 19.3 Å². The third-order valence-corrected chi connectivity index (χ3v) is 3.26.